The summed E-state index contributed by atoms with van der Waals surface area (Å²) in [5, 5.41) is 9.59. The van der Waals surface area contributed by atoms with Gasteiger partial charge in [0.25, 0.3) is 0 Å². The lowest BCUT2D eigenvalue weighted by molar-refractivity contribution is -0.145. The fraction of sp³-hybridized carbons (Fsp3) is 0.781. The predicted molar refractivity (Wildman–Crippen MR) is 150 cm³/mol. The van der Waals surface area contributed by atoms with E-state index < -0.39 is 0 Å². The second-order valence-corrected chi connectivity index (χ2v) is 10.6. The Hall–Kier alpha value is -1.51. The van der Waals surface area contributed by atoms with Crippen LogP contribution in [0.4, 0.5) is 0 Å². The summed E-state index contributed by atoms with van der Waals surface area (Å²) in [6, 6.07) is 7.89. The third-order valence-electron chi connectivity index (χ3n) is 7.48. The molecule has 0 saturated carbocycles. The average Bonchev–Trinajstić information content (AvgIpc) is 2.87. The third kappa shape index (κ3) is 16.7. The minimum absolute atomic E-state index is 0.000232. The molecule has 0 heterocycles. The largest absolute Gasteiger partial charge is 0.508 e. The smallest absolute Gasteiger partial charge is 0.305 e. The number of rotatable bonds is 23. The Morgan fingerprint density at radius 2 is 1.26 bits per heavy atom. The summed E-state index contributed by atoms with van der Waals surface area (Å²) >= 11 is 0. The SMILES string of the molecule is CCCCCC(CCCCCCCCCCCC(=O)OCC(CC)CCCC)c1ccc(O)cc1. The highest BCUT2D eigenvalue weighted by molar-refractivity contribution is 5.69. The van der Waals surface area contributed by atoms with Crippen LogP contribution in [0.5, 0.6) is 5.75 Å². The Morgan fingerprint density at radius 3 is 1.83 bits per heavy atom. The van der Waals surface area contributed by atoms with Crippen molar-refractivity contribution in [2.75, 3.05) is 6.61 Å². The first kappa shape index (κ1) is 31.5. The second-order valence-electron chi connectivity index (χ2n) is 10.6. The van der Waals surface area contributed by atoms with Gasteiger partial charge < -0.3 is 9.84 Å². The summed E-state index contributed by atoms with van der Waals surface area (Å²) in [4.78, 5) is 12.0. The van der Waals surface area contributed by atoms with Gasteiger partial charge in [-0.05, 0) is 55.2 Å². The van der Waals surface area contributed by atoms with Crippen LogP contribution in [0.1, 0.15) is 154 Å². The molecule has 1 aromatic rings. The molecule has 202 valence electrons. The summed E-state index contributed by atoms with van der Waals surface area (Å²) in [6.45, 7) is 7.28. The van der Waals surface area contributed by atoms with E-state index in [9.17, 15) is 9.90 Å². The first-order chi connectivity index (χ1) is 17.1. The monoisotopic (exact) mass is 488 g/mol. The molecule has 3 heteroatoms. The van der Waals surface area contributed by atoms with E-state index in [4.69, 9.17) is 4.74 Å². The van der Waals surface area contributed by atoms with Crippen LogP contribution in [-0.4, -0.2) is 17.7 Å². The minimum atomic E-state index is 0.000232. The van der Waals surface area contributed by atoms with Gasteiger partial charge in [0.05, 0.1) is 6.61 Å². The molecular formula is C32H56O3. The standard InChI is InChI=1S/C32H56O3/c1-4-7-16-20-29(30-23-25-31(33)26-24-30)21-17-14-12-10-9-11-13-15-18-22-32(34)35-27-28(6-3)19-8-5-2/h23-26,28-29,33H,4-22,27H2,1-3H3. The van der Waals surface area contributed by atoms with E-state index >= 15 is 0 Å². The Bertz CT molecular complexity index is 610. The van der Waals surface area contributed by atoms with Crippen molar-refractivity contribution in [3.05, 3.63) is 29.8 Å². The molecule has 0 aliphatic heterocycles. The predicted octanol–water partition coefficient (Wildman–Crippen LogP) is 10.1. The van der Waals surface area contributed by atoms with Crippen LogP contribution in [0.15, 0.2) is 24.3 Å². The number of ether oxygens (including phenoxy) is 1. The zero-order valence-electron chi connectivity index (χ0n) is 23.4. The number of phenolic OH excluding ortho intramolecular Hbond substituents is 1. The summed E-state index contributed by atoms with van der Waals surface area (Å²) in [5.41, 5.74) is 1.39. The van der Waals surface area contributed by atoms with Crippen LogP contribution in [0, 0.1) is 5.92 Å². The average molecular weight is 489 g/mol. The fourth-order valence-corrected chi connectivity index (χ4v) is 4.94. The summed E-state index contributed by atoms with van der Waals surface area (Å²) in [6.07, 6.45) is 23.0. The van der Waals surface area contributed by atoms with Crippen LogP contribution in [0.2, 0.25) is 0 Å². The number of carbonyl (C=O) groups is 1. The van der Waals surface area contributed by atoms with Crippen LogP contribution < -0.4 is 0 Å². The van der Waals surface area contributed by atoms with Crippen LogP contribution in [0.3, 0.4) is 0 Å². The second kappa shape index (κ2) is 21.7. The van der Waals surface area contributed by atoms with Crippen LogP contribution >= 0.6 is 0 Å². The summed E-state index contributed by atoms with van der Waals surface area (Å²) in [7, 11) is 0. The molecule has 0 spiro atoms. The van der Waals surface area contributed by atoms with Crippen molar-refractivity contribution >= 4 is 5.97 Å². The molecule has 1 N–H and O–H groups in total. The van der Waals surface area contributed by atoms with E-state index in [0.717, 1.165) is 19.3 Å². The van der Waals surface area contributed by atoms with Gasteiger partial charge in [-0.1, -0.05) is 123 Å². The highest BCUT2D eigenvalue weighted by atomic mass is 16.5. The van der Waals surface area contributed by atoms with Gasteiger partial charge in [-0.25, -0.2) is 0 Å². The van der Waals surface area contributed by atoms with E-state index in [1.165, 1.54) is 102 Å². The van der Waals surface area contributed by atoms with Gasteiger partial charge in [0, 0.05) is 6.42 Å². The van der Waals surface area contributed by atoms with Crippen LogP contribution in [0.25, 0.3) is 0 Å². The van der Waals surface area contributed by atoms with Gasteiger partial charge >= 0.3 is 5.97 Å². The number of hydrogen-bond acceptors (Lipinski definition) is 3. The number of carbonyl (C=O) groups excluding carboxylic acids is 1. The first-order valence-electron chi connectivity index (χ1n) is 15.0. The van der Waals surface area contributed by atoms with Gasteiger partial charge in [-0.15, -0.1) is 0 Å². The van der Waals surface area contributed by atoms with E-state index in [1.54, 1.807) is 0 Å². The van der Waals surface area contributed by atoms with E-state index in [-0.39, 0.29) is 5.97 Å². The maximum Gasteiger partial charge on any atom is 0.305 e. The van der Waals surface area contributed by atoms with Crippen molar-refractivity contribution in [3.63, 3.8) is 0 Å². The Morgan fingerprint density at radius 1 is 0.714 bits per heavy atom. The van der Waals surface area contributed by atoms with Crippen molar-refractivity contribution in [2.24, 2.45) is 5.92 Å². The molecule has 2 atom stereocenters. The quantitative estimate of drug-likeness (QED) is 0.123. The molecule has 3 nitrogen and oxygen atoms in total. The lowest BCUT2D eigenvalue weighted by Gasteiger charge is -2.17. The molecule has 0 aromatic heterocycles. The zero-order valence-corrected chi connectivity index (χ0v) is 23.4. The maximum atomic E-state index is 12.0. The normalized spacial score (nSPS) is 13.0. The molecule has 1 aromatic carbocycles. The molecule has 1 rings (SSSR count). The van der Waals surface area contributed by atoms with Crippen LogP contribution in [-0.2, 0) is 9.53 Å². The number of benzene rings is 1. The van der Waals surface area contributed by atoms with E-state index in [0.29, 0.717) is 30.6 Å². The number of aromatic hydroxyl groups is 1. The van der Waals surface area contributed by atoms with E-state index in [2.05, 4.69) is 32.9 Å². The first-order valence-corrected chi connectivity index (χ1v) is 15.0. The number of unbranched alkanes of at least 4 members (excludes halogenated alkanes) is 11. The van der Waals surface area contributed by atoms with E-state index in [1.807, 2.05) is 12.1 Å². The number of esters is 1. The van der Waals surface area contributed by atoms with Crippen molar-refractivity contribution in [1.82, 2.24) is 0 Å². The lowest BCUT2D eigenvalue weighted by Crippen LogP contribution is -2.13. The van der Waals surface area contributed by atoms with Crippen molar-refractivity contribution in [2.45, 2.75) is 149 Å². The van der Waals surface area contributed by atoms with Gasteiger partial charge in [0.2, 0.25) is 0 Å². The molecule has 0 fully saturated rings. The van der Waals surface area contributed by atoms with Gasteiger partial charge in [0.15, 0.2) is 0 Å². The van der Waals surface area contributed by atoms with Crippen molar-refractivity contribution < 1.29 is 14.6 Å². The summed E-state index contributed by atoms with van der Waals surface area (Å²) < 4.78 is 5.50. The highest BCUT2D eigenvalue weighted by Gasteiger charge is 2.12. The number of hydrogen-bond donors (Lipinski definition) is 1. The Balaban J connectivity index is 2.03. The summed E-state index contributed by atoms with van der Waals surface area (Å²) in [5.74, 6) is 1.54. The topological polar surface area (TPSA) is 46.5 Å². The molecule has 0 radical (unpaired) electrons. The number of phenols is 1. The molecular weight excluding hydrogens is 432 g/mol. The Kier molecular flexibility index (Phi) is 19.6. The lowest BCUT2D eigenvalue weighted by atomic mass is 9.88. The molecule has 0 aliphatic carbocycles. The van der Waals surface area contributed by atoms with Gasteiger partial charge in [0.1, 0.15) is 5.75 Å². The molecule has 0 saturated heterocycles. The molecule has 0 amide bonds. The maximum absolute atomic E-state index is 12.0. The third-order valence-corrected chi connectivity index (χ3v) is 7.48. The molecule has 0 aliphatic rings. The molecule has 35 heavy (non-hydrogen) atoms. The zero-order chi connectivity index (χ0) is 25.6. The van der Waals surface area contributed by atoms with Gasteiger partial charge in [-0.3, -0.25) is 4.79 Å². The molecule has 0 bridgehead atoms. The van der Waals surface area contributed by atoms with Crippen molar-refractivity contribution in [3.8, 4) is 5.75 Å². The fourth-order valence-electron chi connectivity index (χ4n) is 4.94. The molecule has 2 unspecified atom stereocenters. The Labute approximate surface area is 217 Å². The van der Waals surface area contributed by atoms with Gasteiger partial charge in [-0.2, -0.15) is 0 Å². The minimum Gasteiger partial charge on any atom is -0.508 e. The highest BCUT2D eigenvalue weighted by Crippen LogP contribution is 2.29. The van der Waals surface area contributed by atoms with Crippen molar-refractivity contribution in [1.29, 1.82) is 0 Å².